The molecule has 1 aromatic carbocycles. The summed E-state index contributed by atoms with van der Waals surface area (Å²) in [6.45, 7) is 2.22. The fourth-order valence-corrected chi connectivity index (χ4v) is 4.16. The number of Topliss-reactive ketones (excluding diaryl/α,β-unsaturated/α-hetero) is 1. The molecule has 2 aliphatic carbocycles. The molecule has 94 valence electrons. The van der Waals surface area contributed by atoms with Gasteiger partial charge in [0, 0.05) is 5.92 Å². The Morgan fingerprint density at radius 3 is 2.44 bits per heavy atom. The van der Waals surface area contributed by atoms with Crippen LogP contribution in [0.3, 0.4) is 0 Å². The van der Waals surface area contributed by atoms with Gasteiger partial charge in [-0.25, -0.2) is 0 Å². The number of phenols is 1. The van der Waals surface area contributed by atoms with E-state index in [-0.39, 0.29) is 17.5 Å². The van der Waals surface area contributed by atoms with Gasteiger partial charge in [0.2, 0.25) is 0 Å². The zero-order valence-electron chi connectivity index (χ0n) is 10.2. The maximum absolute atomic E-state index is 12.2. The molecule has 18 heavy (non-hydrogen) atoms. The molecule has 1 N–H and O–H groups in total. The molecule has 0 bridgehead atoms. The quantitative estimate of drug-likeness (QED) is 0.858. The van der Waals surface area contributed by atoms with Gasteiger partial charge in [-0.15, -0.1) is 0 Å². The third kappa shape index (κ3) is 1.72. The average Bonchev–Trinajstić information content (AvgIpc) is 2.81. The van der Waals surface area contributed by atoms with Crippen molar-refractivity contribution in [3.05, 3.63) is 34.3 Å². The molecule has 0 heterocycles. The molecule has 3 atom stereocenters. The van der Waals surface area contributed by atoms with Crippen LogP contribution in [0.1, 0.15) is 25.3 Å². The number of ketones is 1. The van der Waals surface area contributed by atoms with E-state index in [1.54, 1.807) is 12.1 Å². The lowest BCUT2D eigenvalue weighted by molar-refractivity contribution is -0.118. The van der Waals surface area contributed by atoms with E-state index in [1.165, 1.54) is 0 Å². The number of benzene rings is 1. The lowest BCUT2D eigenvalue weighted by atomic mass is 9.90. The Morgan fingerprint density at radius 1 is 1.17 bits per heavy atom. The summed E-state index contributed by atoms with van der Waals surface area (Å²) in [5, 5.41) is 9.35. The van der Waals surface area contributed by atoms with Gasteiger partial charge in [-0.2, -0.15) is 0 Å². The first-order valence-corrected chi connectivity index (χ1v) is 7.10. The Kier molecular flexibility index (Phi) is 2.81. The van der Waals surface area contributed by atoms with Crippen LogP contribution in [0, 0.1) is 17.8 Å². The van der Waals surface area contributed by atoms with E-state index >= 15 is 0 Å². The van der Waals surface area contributed by atoms with Crippen molar-refractivity contribution in [1.82, 2.24) is 0 Å². The van der Waals surface area contributed by atoms with E-state index in [0.29, 0.717) is 11.8 Å². The maximum Gasteiger partial charge on any atom is 0.173 e. The number of phenolic OH excluding ortho intramolecular Hbond substituents is 1. The first kappa shape index (κ1) is 12.0. The highest BCUT2D eigenvalue weighted by molar-refractivity contribution is 9.12. The number of aromatic hydroxyl groups is 1. The summed E-state index contributed by atoms with van der Waals surface area (Å²) in [5.74, 6) is 1.66. The zero-order valence-corrected chi connectivity index (χ0v) is 11.8. The molecule has 2 aliphatic rings. The van der Waals surface area contributed by atoms with Gasteiger partial charge in [-0.3, -0.25) is 4.79 Å². The Hall–Kier alpha value is -1.09. The van der Waals surface area contributed by atoms with Crippen LogP contribution in [0.2, 0.25) is 0 Å². The monoisotopic (exact) mass is 306 g/mol. The minimum absolute atomic E-state index is 0.165. The number of carbonyl (C=O) groups is 1. The first-order chi connectivity index (χ1) is 8.58. The van der Waals surface area contributed by atoms with Crippen molar-refractivity contribution < 1.29 is 9.90 Å². The molecular weight excluding hydrogens is 292 g/mol. The lowest BCUT2D eigenvalue weighted by Crippen LogP contribution is -2.10. The van der Waals surface area contributed by atoms with E-state index in [4.69, 9.17) is 0 Å². The van der Waals surface area contributed by atoms with E-state index < -0.39 is 0 Å². The van der Waals surface area contributed by atoms with Gasteiger partial charge in [0.25, 0.3) is 0 Å². The predicted octanol–water partition coefficient (Wildman–Crippen LogP) is 3.74. The van der Waals surface area contributed by atoms with Gasteiger partial charge in [0.1, 0.15) is 5.75 Å². The smallest absolute Gasteiger partial charge is 0.173 e. The molecule has 0 radical (unpaired) electrons. The molecule has 2 nitrogen and oxygen atoms in total. The molecule has 0 amide bonds. The summed E-state index contributed by atoms with van der Waals surface area (Å²) >= 11 is 3.47. The Morgan fingerprint density at radius 2 is 1.78 bits per heavy atom. The maximum atomic E-state index is 12.2. The molecule has 1 fully saturated rings. The predicted molar refractivity (Wildman–Crippen MR) is 74.3 cm³/mol. The lowest BCUT2D eigenvalue weighted by Gasteiger charge is -2.13. The largest absolute Gasteiger partial charge is 0.508 e. The van der Waals surface area contributed by atoms with Crippen molar-refractivity contribution >= 4 is 27.3 Å². The SMILES string of the molecule is C[C@H]1CC2C(c3ccc(O)cc3)=C(Br)C(=O)[C@@H]2C1. The van der Waals surface area contributed by atoms with Crippen LogP contribution in [-0.4, -0.2) is 10.9 Å². The third-order valence-corrected chi connectivity index (χ3v) is 4.95. The van der Waals surface area contributed by atoms with Gasteiger partial charge < -0.3 is 5.11 Å². The zero-order chi connectivity index (χ0) is 12.9. The van der Waals surface area contributed by atoms with Gasteiger partial charge in [0.15, 0.2) is 5.78 Å². The minimum atomic E-state index is 0.165. The van der Waals surface area contributed by atoms with Crippen LogP contribution in [0.4, 0.5) is 0 Å². The first-order valence-electron chi connectivity index (χ1n) is 6.31. The van der Waals surface area contributed by atoms with Crippen LogP contribution >= 0.6 is 15.9 Å². The number of allylic oxidation sites excluding steroid dienone is 2. The molecule has 1 saturated carbocycles. The number of halogens is 1. The van der Waals surface area contributed by atoms with Crippen LogP contribution < -0.4 is 0 Å². The topological polar surface area (TPSA) is 37.3 Å². The van der Waals surface area contributed by atoms with E-state index in [9.17, 15) is 9.90 Å². The molecular formula is C15H15BrO2. The molecule has 0 saturated heterocycles. The van der Waals surface area contributed by atoms with Crippen molar-refractivity contribution in [2.75, 3.05) is 0 Å². The number of fused-ring (bicyclic) bond motifs is 1. The molecule has 1 aromatic rings. The van der Waals surface area contributed by atoms with Gasteiger partial charge in [0.05, 0.1) is 4.48 Å². The minimum Gasteiger partial charge on any atom is -0.508 e. The Balaban J connectivity index is 2.04. The summed E-state index contributed by atoms with van der Waals surface area (Å²) in [6.07, 6.45) is 2.09. The fourth-order valence-electron chi connectivity index (χ4n) is 3.34. The molecule has 3 heteroatoms. The van der Waals surface area contributed by atoms with Crippen molar-refractivity contribution in [1.29, 1.82) is 0 Å². The van der Waals surface area contributed by atoms with Crippen molar-refractivity contribution in [2.45, 2.75) is 19.8 Å². The normalized spacial score (nSPS) is 31.0. The molecule has 0 aromatic heterocycles. The number of hydrogen-bond donors (Lipinski definition) is 1. The fraction of sp³-hybridized carbons (Fsp3) is 0.400. The number of hydrogen-bond acceptors (Lipinski definition) is 2. The second kappa shape index (κ2) is 4.23. The summed E-state index contributed by atoms with van der Waals surface area (Å²) < 4.78 is 0.745. The molecule has 1 unspecified atom stereocenters. The number of carbonyl (C=O) groups excluding carboxylic acids is 1. The Bertz CT molecular complexity index is 530. The molecule has 0 spiro atoms. The van der Waals surface area contributed by atoms with E-state index in [0.717, 1.165) is 28.5 Å². The number of rotatable bonds is 1. The summed E-state index contributed by atoms with van der Waals surface area (Å²) in [7, 11) is 0. The second-order valence-electron chi connectivity index (χ2n) is 5.43. The average molecular weight is 307 g/mol. The van der Waals surface area contributed by atoms with E-state index in [1.807, 2.05) is 12.1 Å². The van der Waals surface area contributed by atoms with Crippen molar-refractivity contribution in [2.24, 2.45) is 17.8 Å². The summed E-state index contributed by atoms with van der Waals surface area (Å²) in [6, 6.07) is 7.15. The van der Waals surface area contributed by atoms with Gasteiger partial charge >= 0.3 is 0 Å². The van der Waals surface area contributed by atoms with E-state index in [2.05, 4.69) is 22.9 Å². The van der Waals surface area contributed by atoms with Gasteiger partial charge in [-0.05, 0) is 63.9 Å². The van der Waals surface area contributed by atoms with Crippen molar-refractivity contribution in [3.8, 4) is 5.75 Å². The standard InChI is InChI=1S/C15H15BrO2/c1-8-6-11-12(7-8)15(18)14(16)13(11)9-2-4-10(17)5-3-9/h2-5,8,11-12,17H,6-7H2,1H3/t8-,11?,12+/m0/s1. The van der Waals surface area contributed by atoms with Gasteiger partial charge in [-0.1, -0.05) is 19.1 Å². The highest BCUT2D eigenvalue weighted by Crippen LogP contribution is 2.52. The molecule has 0 aliphatic heterocycles. The Labute approximate surface area is 115 Å². The van der Waals surface area contributed by atoms with Crippen molar-refractivity contribution in [3.63, 3.8) is 0 Å². The van der Waals surface area contributed by atoms with Crippen LogP contribution in [0.5, 0.6) is 5.75 Å². The highest BCUT2D eigenvalue weighted by Gasteiger charge is 2.46. The second-order valence-corrected chi connectivity index (χ2v) is 6.22. The van der Waals surface area contributed by atoms with Crippen LogP contribution in [-0.2, 0) is 4.79 Å². The highest BCUT2D eigenvalue weighted by atomic mass is 79.9. The summed E-state index contributed by atoms with van der Waals surface area (Å²) in [5.41, 5.74) is 2.18. The molecule has 3 rings (SSSR count). The third-order valence-electron chi connectivity index (χ3n) is 4.14. The summed E-state index contributed by atoms with van der Waals surface area (Å²) in [4.78, 5) is 12.2. The van der Waals surface area contributed by atoms with Crippen LogP contribution in [0.25, 0.3) is 5.57 Å². The van der Waals surface area contributed by atoms with Crippen LogP contribution in [0.15, 0.2) is 28.7 Å².